The molecule has 0 bridgehead atoms. The highest BCUT2D eigenvalue weighted by molar-refractivity contribution is 6.03. The van der Waals surface area contributed by atoms with Crippen molar-refractivity contribution in [2.24, 2.45) is 0 Å². The van der Waals surface area contributed by atoms with Gasteiger partial charge in [-0.05, 0) is 24.6 Å². The largest absolute Gasteiger partial charge is 0.465 e. The molecule has 126 valence electrons. The summed E-state index contributed by atoms with van der Waals surface area (Å²) in [6.07, 6.45) is 3.43. The maximum absolute atomic E-state index is 12.3. The van der Waals surface area contributed by atoms with Crippen molar-refractivity contribution in [1.82, 2.24) is 9.97 Å². The molecule has 0 atom stereocenters. The Hall–Kier alpha value is -2.96. The number of benzene rings is 1. The van der Waals surface area contributed by atoms with Crippen LogP contribution in [0.3, 0.4) is 0 Å². The Morgan fingerprint density at radius 2 is 2.04 bits per heavy atom. The topological polar surface area (TPSA) is 93.2 Å². The number of hydrogen-bond donors (Lipinski definition) is 2. The van der Waals surface area contributed by atoms with Gasteiger partial charge in [0, 0.05) is 18.3 Å². The lowest BCUT2D eigenvalue weighted by molar-refractivity contribution is 0.0600. The Bertz CT molecular complexity index is 718. The van der Waals surface area contributed by atoms with Gasteiger partial charge in [0.25, 0.3) is 5.91 Å². The first-order chi connectivity index (χ1) is 11.6. The highest BCUT2D eigenvalue weighted by Gasteiger charge is 2.11. The fourth-order valence-electron chi connectivity index (χ4n) is 2.01. The van der Waals surface area contributed by atoms with Gasteiger partial charge in [0.05, 0.1) is 12.7 Å². The van der Waals surface area contributed by atoms with E-state index in [2.05, 4.69) is 32.3 Å². The van der Waals surface area contributed by atoms with Gasteiger partial charge in [-0.1, -0.05) is 19.4 Å². The van der Waals surface area contributed by atoms with Gasteiger partial charge in [-0.15, -0.1) is 0 Å². The number of carbonyl (C=O) groups excluding carboxylic acids is 2. The molecule has 2 N–H and O–H groups in total. The Kier molecular flexibility index (Phi) is 6.24. The highest BCUT2D eigenvalue weighted by Crippen LogP contribution is 2.13. The average Bonchev–Trinajstić information content (AvgIpc) is 2.61. The summed E-state index contributed by atoms with van der Waals surface area (Å²) in [5.74, 6) is -0.236. The maximum atomic E-state index is 12.3. The maximum Gasteiger partial charge on any atom is 0.337 e. The summed E-state index contributed by atoms with van der Waals surface area (Å²) >= 11 is 0. The minimum absolute atomic E-state index is 0.243. The van der Waals surface area contributed by atoms with Crippen LogP contribution in [-0.4, -0.2) is 35.5 Å². The number of nitrogens with zero attached hydrogens (tertiary/aromatic N) is 2. The van der Waals surface area contributed by atoms with E-state index in [4.69, 9.17) is 0 Å². The molecule has 0 saturated carbocycles. The molecular weight excluding hydrogens is 308 g/mol. The molecule has 0 radical (unpaired) electrons. The van der Waals surface area contributed by atoms with Crippen molar-refractivity contribution in [3.05, 3.63) is 47.9 Å². The van der Waals surface area contributed by atoms with Gasteiger partial charge in [-0.3, -0.25) is 4.79 Å². The summed E-state index contributed by atoms with van der Waals surface area (Å²) in [5.41, 5.74) is 1.09. The fourth-order valence-corrected chi connectivity index (χ4v) is 2.01. The first kappa shape index (κ1) is 17.4. The third-order valence-corrected chi connectivity index (χ3v) is 3.28. The molecule has 1 amide bonds. The monoisotopic (exact) mass is 328 g/mol. The van der Waals surface area contributed by atoms with Gasteiger partial charge < -0.3 is 15.4 Å². The molecule has 0 spiro atoms. The standard InChI is InChI=1S/C17H20N4O3/c1-3-4-8-18-15-10-14(19-11-20-15)16(22)21-13-7-5-6-12(9-13)17(23)24-2/h5-7,9-11H,3-4,8H2,1-2H3,(H,21,22)(H,18,19,20). The lowest BCUT2D eigenvalue weighted by Crippen LogP contribution is -2.15. The molecule has 1 aromatic carbocycles. The van der Waals surface area contributed by atoms with Crippen LogP contribution in [0.4, 0.5) is 11.5 Å². The minimum atomic E-state index is -0.462. The van der Waals surface area contributed by atoms with Crippen LogP contribution < -0.4 is 10.6 Å². The molecule has 2 rings (SSSR count). The Morgan fingerprint density at radius 3 is 2.79 bits per heavy atom. The molecule has 24 heavy (non-hydrogen) atoms. The number of rotatable bonds is 7. The quantitative estimate of drug-likeness (QED) is 0.599. The molecular formula is C17H20N4O3. The smallest absolute Gasteiger partial charge is 0.337 e. The molecule has 0 unspecified atom stereocenters. The zero-order chi connectivity index (χ0) is 17.4. The second-order valence-electron chi connectivity index (χ2n) is 5.10. The second kappa shape index (κ2) is 8.61. The number of aromatic nitrogens is 2. The zero-order valence-electron chi connectivity index (χ0n) is 13.7. The fraction of sp³-hybridized carbons (Fsp3) is 0.294. The van der Waals surface area contributed by atoms with Gasteiger partial charge in [0.15, 0.2) is 0 Å². The van der Waals surface area contributed by atoms with Crippen LogP contribution in [0.15, 0.2) is 36.7 Å². The minimum Gasteiger partial charge on any atom is -0.465 e. The lowest BCUT2D eigenvalue weighted by Gasteiger charge is -2.08. The molecule has 7 nitrogen and oxygen atoms in total. The molecule has 0 saturated heterocycles. The number of unbranched alkanes of at least 4 members (excludes halogenated alkanes) is 1. The highest BCUT2D eigenvalue weighted by atomic mass is 16.5. The SMILES string of the molecule is CCCCNc1cc(C(=O)Nc2cccc(C(=O)OC)c2)ncn1. The van der Waals surface area contributed by atoms with Crippen LogP contribution in [0, 0.1) is 0 Å². The van der Waals surface area contributed by atoms with Crippen LogP contribution in [0.5, 0.6) is 0 Å². The number of hydrogen-bond acceptors (Lipinski definition) is 6. The van der Waals surface area contributed by atoms with Gasteiger partial charge >= 0.3 is 5.97 Å². The van der Waals surface area contributed by atoms with Crippen molar-refractivity contribution < 1.29 is 14.3 Å². The molecule has 0 aliphatic carbocycles. The van der Waals surface area contributed by atoms with Crippen molar-refractivity contribution in [2.45, 2.75) is 19.8 Å². The van der Waals surface area contributed by atoms with Gasteiger partial charge in [0.2, 0.25) is 0 Å². The Morgan fingerprint density at radius 1 is 1.21 bits per heavy atom. The van der Waals surface area contributed by atoms with E-state index in [0.29, 0.717) is 17.1 Å². The first-order valence-corrected chi connectivity index (χ1v) is 7.69. The number of carbonyl (C=O) groups is 2. The molecule has 1 heterocycles. The first-order valence-electron chi connectivity index (χ1n) is 7.69. The lowest BCUT2D eigenvalue weighted by atomic mass is 10.2. The summed E-state index contributed by atoms with van der Waals surface area (Å²) in [5, 5.41) is 5.85. The second-order valence-corrected chi connectivity index (χ2v) is 5.10. The van der Waals surface area contributed by atoms with E-state index < -0.39 is 5.97 Å². The van der Waals surface area contributed by atoms with Crippen LogP contribution in [-0.2, 0) is 4.74 Å². The van der Waals surface area contributed by atoms with Crippen molar-refractivity contribution in [2.75, 3.05) is 24.3 Å². The molecule has 0 aliphatic heterocycles. The third kappa shape index (κ3) is 4.77. The molecule has 0 fully saturated rings. The summed E-state index contributed by atoms with van der Waals surface area (Å²) in [4.78, 5) is 31.9. The number of amides is 1. The Labute approximate surface area is 140 Å². The van der Waals surface area contributed by atoms with Gasteiger partial charge in [0.1, 0.15) is 17.8 Å². The molecule has 0 aliphatic rings. The van der Waals surface area contributed by atoms with Crippen molar-refractivity contribution >= 4 is 23.4 Å². The van der Waals surface area contributed by atoms with Crippen LogP contribution in [0.25, 0.3) is 0 Å². The predicted octanol–water partition coefficient (Wildman–Crippen LogP) is 2.73. The van der Waals surface area contributed by atoms with E-state index in [-0.39, 0.29) is 11.6 Å². The van der Waals surface area contributed by atoms with Crippen molar-refractivity contribution in [1.29, 1.82) is 0 Å². The third-order valence-electron chi connectivity index (χ3n) is 3.28. The number of methoxy groups -OCH3 is 1. The zero-order valence-corrected chi connectivity index (χ0v) is 13.7. The average molecular weight is 328 g/mol. The van der Waals surface area contributed by atoms with Crippen LogP contribution >= 0.6 is 0 Å². The van der Waals surface area contributed by atoms with E-state index in [1.165, 1.54) is 13.4 Å². The Balaban J connectivity index is 2.07. The summed E-state index contributed by atoms with van der Waals surface area (Å²) < 4.78 is 4.66. The van der Waals surface area contributed by atoms with E-state index in [9.17, 15) is 9.59 Å². The summed E-state index contributed by atoms with van der Waals surface area (Å²) in [6, 6.07) is 8.11. The summed E-state index contributed by atoms with van der Waals surface area (Å²) in [7, 11) is 1.31. The summed E-state index contributed by atoms with van der Waals surface area (Å²) in [6.45, 7) is 2.89. The van der Waals surface area contributed by atoms with E-state index in [0.717, 1.165) is 19.4 Å². The van der Waals surface area contributed by atoms with E-state index in [1.807, 2.05) is 0 Å². The number of esters is 1. The van der Waals surface area contributed by atoms with Gasteiger partial charge in [-0.25, -0.2) is 14.8 Å². The number of ether oxygens (including phenoxy) is 1. The van der Waals surface area contributed by atoms with Gasteiger partial charge in [-0.2, -0.15) is 0 Å². The number of nitrogens with one attached hydrogen (secondary N) is 2. The van der Waals surface area contributed by atoms with Crippen molar-refractivity contribution in [3.63, 3.8) is 0 Å². The molecule has 7 heteroatoms. The molecule has 2 aromatic rings. The normalized spacial score (nSPS) is 10.1. The number of anilines is 2. The van der Waals surface area contributed by atoms with Crippen LogP contribution in [0.1, 0.15) is 40.6 Å². The van der Waals surface area contributed by atoms with Crippen molar-refractivity contribution in [3.8, 4) is 0 Å². The van der Waals surface area contributed by atoms with E-state index >= 15 is 0 Å². The predicted molar refractivity (Wildman–Crippen MR) is 91.2 cm³/mol. The van der Waals surface area contributed by atoms with Crippen LogP contribution in [0.2, 0.25) is 0 Å². The van der Waals surface area contributed by atoms with E-state index in [1.54, 1.807) is 30.3 Å². The molecule has 1 aromatic heterocycles.